The molecule has 0 bridgehead atoms. The molecule has 0 amide bonds. The second-order valence-corrected chi connectivity index (χ2v) is 6.59. The molecule has 2 heteroatoms. The third-order valence-electron chi connectivity index (χ3n) is 4.03. The van der Waals surface area contributed by atoms with Gasteiger partial charge >= 0.3 is 0 Å². The van der Waals surface area contributed by atoms with Crippen molar-refractivity contribution in [2.75, 3.05) is 13.1 Å². The predicted molar refractivity (Wildman–Crippen MR) is 77.7 cm³/mol. The Balaban J connectivity index is 2.32. The van der Waals surface area contributed by atoms with E-state index in [-0.39, 0.29) is 11.0 Å². The van der Waals surface area contributed by atoms with Crippen LogP contribution >= 0.6 is 0 Å². The van der Waals surface area contributed by atoms with E-state index in [1.807, 2.05) is 0 Å². The number of hydrogen-bond donors (Lipinski definition) is 2. The molecule has 1 aromatic rings. The molecule has 0 radical (unpaired) electrons. The Morgan fingerprint density at radius 3 is 2.67 bits per heavy atom. The van der Waals surface area contributed by atoms with Crippen LogP contribution in [-0.4, -0.2) is 13.1 Å². The lowest BCUT2D eigenvalue weighted by atomic mass is 9.80. The van der Waals surface area contributed by atoms with Crippen molar-refractivity contribution < 1.29 is 0 Å². The van der Waals surface area contributed by atoms with Crippen LogP contribution in [0.4, 0.5) is 0 Å². The largest absolute Gasteiger partial charge is 0.321 e. The van der Waals surface area contributed by atoms with Crippen LogP contribution < -0.4 is 11.1 Å². The predicted octanol–water partition coefficient (Wildman–Crippen LogP) is 2.91. The highest BCUT2D eigenvalue weighted by atomic mass is 14.9. The summed E-state index contributed by atoms with van der Waals surface area (Å²) in [6.07, 6.45) is 3.27. The van der Waals surface area contributed by atoms with E-state index >= 15 is 0 Å². The van der Waals surface area contributed by atoms with Gasteiger partial charge in [0.05, 0.1) is 0 Å². The summed E-state index contributed by atoms with van der Waals surface area (Å²) in [7, 11) is 0. The highest BCUT2D eigenvalue weighted by Crippen LogP contribution is 2.31. The molecule has 1 atom stereocenters. The summed E-state index contributed by atoms with van der Waals surface area (Å²) in [4.78, 5) is 0. The zero-order valence-electron chi connectivity index (χ0n) is 11.9. The summed E-state index contributed by atoms with van der Waals surface area (Å²) in [6, 6.07) is 8.87. The first kappa shape index (κ1) is 13.6. The molecule has 0 saturated carbocycles. The van der Waals surface area contributed by atoms with E-state index in [1.54, 1.807) is 0 Å². The first-order valence-electron chi connectivity index (χ1n) is 7.02. The van der Waals surface area contributed by atoms with Gasteiger partial charge in [-0.3, -0.25) is 0 Å². The fourth-order valence-electron chi connectivity index (χ4n) is 2.67. The van der Waals surface area contributed by atoms with Gasteiger partial charge in [0.15, 0.2) is 0 Å². The van der Waals surface area contributed by atoms with Gasteiger partial charge < -0.3 is 11.1 Å². The van der Waals surface area contributed by atoms with Crippen LogP contribution in [-0.2, 0) is 11.0 Å². The normalized spacial score (nSPS) is 25.8. The summed E-state index contributed by atoms with van der Waals surface area (Å²) in [6.45, 7) is 8.88. The SMILES string of the molecule is CC(C)(C)c1cccc([C@]2(N)CCCNCC2)c1. The highest BCUT2D eigenvalue weighted by Gasteiger charge is 2.29. The molecule has 100 valence electrons. The van der Waals surface area contributed by atoms with Crippen molar-refractivity contribution in [2.24, 2.45) is 5.73 Å². The van der Waals surface area contributed by atoms with E-state index in [0.29, 0.717) is 0 Å². The third kappa shape index (κ3) is 2.93. The average Bonchev–Trinajstić information content (AvgIpc) is 2.54. The Morgan fingerprint density at radius 1 is 1.17 bits per heavy atom. The molecule has 3 N–H and O–H groups in total. The van der Waals surface area contributed by atoms with Crippen molar-refractivity contribution in [3.05, 3.63) is 35.4 Å². The van der Waals surface area contributed by atoms with Gasteiger partial charge in [-0.15, -0.1) is 0 Å². The maximum Gasteiger partial charge on any atom is 0.0422 e. The van der Waals surface area contributed by atoms with Gasteiger partial charge in [0, 0.05) is 5.54 Å². The molecule has 1 aromatic carbocycles. The highest BCUT2D eigenvalue weighted by molar-refractivity contribution is 5.33. The van der Waals surface area contributed by atoms with Gasteiger partial charge in [0.1, 0.15) is 0 Å². The van der Waals surface area contributed by atoms with Crippen molar-refractivity contribution >= 4 is 0 Å². The van der Waals surface area contributed by atoms with E-state index in [9.17, 15) is 0 Å². The number of benzene rings is 1. The first-order valence-corrected chi connectivity index (χ1v) is 7.02. The Morgan fingerprint density at radius 2 is 1.94 bits per heavy atom. The topological polar surface area (TPSA) is 38.0 Å². The zero-order chi connectivity index (χ0) is 13.2. The fraction of sp³-hybridized carbons (Fsp3) is 0.625. The van der Waals surface area contributed by atoms with E-state index < -0.39 is 0 Å². The Hall–Kier alpha value is -0.860. The molecule has 2 nitrogen and oxygen atoms in total. The second kappa shape index (κ2) is 5.02. The lowest BCUT2D eigenvalue weighted by Crippen LogP contribution is -2.37. The summed E-state index contributed by atoms with van der Waals surface area (Å²) in [5.74, 6) is 0. The third-order valence-corrected chi connectivity index (χ3v) is 4.03. The first-order chi connectivity index (χ1) is 8.42. The number of rotatable bonds is 1. The molecular formula is C16H26N2. The summed E-state index contributed by atoms with van der Waals surface area (Å²) in [5.41, 5.74) is 9.38. The molecule has 1 heterocycles. The molecule has 0 aromatic heterocycles. The van der Waals surface area contributed by atoms with Crippen molar-refractivity contribution in [2.45, 2.75) is 51.0 Å². The van der Waals surface area contributed by atoms with E-state index in [2.05, 4.69) is 50.4 Å². The number of hydrogen-bond acceptors (Lipinski definition) is 2. The Kier molecular flexibility index (Phi) is 3.79. The molecule has 2 rings (SSSR count). The number of nitrogens with two attached hydrogens (primary N) is 1. The standard InChI is InChI=1S/C16H26N2/c1-15(2,3)13-6-4-7-14(12-13)16(17)8-5-10-18-11-9-16/h4,6-7,12,18H,5,8-11,17H2,1-3H3/t16-/m0/s1. The minimum atomic E-state index is -0.148. The van der Waals surface area contributed by atoms with Gasteiger partial charge in [-0.1, -0.05) is 45.0 Å². The lowest BCUT2D eigenvalue weighted by Gasteiger charge is -2.30. The molecule has 1 aliphatic rings. The minimum absolute atomic E-state index is 0.148. The fourth-order valence-corrected chi connectivity index (χ4v) is 2.67. The maximum absolute atomic E-state index is 6.65. The summed E-state index contributed by atoms with van der Waals surface area (Å²) < 4.78 is 0. The van der Waals surface area contributed by atoms with E-state index in [4.69, 9.17) is 5.73 Å². The van der Waals surface area contributed by atoms with Crippen LogP contribution in [0.25, 0.3) is 0 Å². The molecule has 0 aliphatic carbocycles. The van der Waals surface area contributed by atoms with Crippen molar-refractivity contribution in [1.29, 1.82) is 0 Å². The van der Waals surface area contributed by atoms with Gasteiger partial charge in [0.25, 0.3) is 0 Å². The number of nitrogens with one attached hydrogen (secondary N) is 1. The summed E-state index contributed by atoms with van der Waals surface area (Å²) in [5, 5.41) is 3.44. The van der Waals surface area contributed by atoms with Crippen LogP contribution in [0.3, 0.4) is 0 Å². The van der Waals surface area contributed by atoms with Crippen LogP contribution in [0.15, 0.2) is 24.3 Å². The van der Waals surface area contributed by atoms with Gasteiger partial charge in [-0.05, 0) is 48.9 Å². The molecule has 1 saturated heterocycles. The van der Waals surface area contributed by atoms with E-state index in [0.717, 1.165) is 32.4 Å². The van der Waals surface area contributed by atoms with Crippen LogP contribution in [0.5, 0.6) is 0 Å². The molecular weight excluding hydrogens is 220 g/mol. The molecule has 18 heavy (non-hydrogen) atoms. The maximum atomic E-state index is 6.65. The van der Waals surface area contributed by atoms with Crippen molar-refractivity contribution in [3.63, 3.8) is 0 Å². The lowest BCUT2D eigenvalue weighted by molar-refractivity contribution is 0.394. The molecule has 1 aliphatic heterocycles. The van der Waals surface area contributed by atoms with Crippen LogP contribution in [0, 0.1) is 0 Å². The van der Waals surface area contributed by atoms with Crippen LogP contribution in [0.1, 0.15) is 51.2 Å². The second-order valence-electron chi connectivity index (χ2n) is 6.59. The molecule has 0 spiro atoms. The van der Waals surface area contributed by atoms with Crippen molar-refractivity contribution in [1.82, 2.24) is 5.32 Å². The van der Waals surface area contributed by atoms with Gasteiger partial charge in [0.2, 0.25) is 0 Å². The van der Waals surface area contributed by atoms with Crippen molar-refractivity contribution in [3.8, 4) is 0 Å². The minimum Gasteiger partial charge on any atom is -0.321 e. The van der Waals surface area contributed by atoms with E-state index in [1.165, 1.54) is 11.1 Å². The summed E-state index contributed by atoms with van der Waals surface area (Å²) >= 11 is 0. The Labute approximate surface area is 111 Å². The van der Waals surface area contributed by atoms with Gasteiger partial charge in [-0.25, -0.2) is 0 Å². The van der Waals surface area contributed by atoms with Gasteiger partial charge in [-0.2, -0.15) is 0 Å². The van der Waals surface area contributed by atoms with Crippen LogP contribution in [0.2, 0.25) is 0 Å². The Bertz CT molecular complexity index is 396. The quantitative estimate of drug-likeness (QED) is 0.799. The average molecular weight is 246 g/mol. The zero-order valence-corrected chi connectivity index (χ0v) is 11.9. The monoisotopic (exact) mass is 246 g/mol. The molecule has 1 fully saturated rings. The molecule has 0 unspecified atom stereocenters. The smallest absolute Gasteiger partial charge is 0.0422 e.